The van der Waals surface area contributed by atoms with Crippen molar-refractivity contribution in [2.75, 3.05) is 4.90 Å². The van der Waals surface area contributed by atoms with Gasteiger partial charge in [0.05, 0.1) is 17.1 Å². The monoisotopic (exact) mass is 778 g/mol. The molecule has 3 nitrogen and oxygen atoms in total. The van der Waals surface area contributed by atoms with E-state index >= 15 is 0 Å². The van der Waals surface area contributed by atoms with Crippen molar-refractivity contribution in [1.29, 1.82) is 0 Å². The third kappa shape index (κ3) is 5.93. The van der Waals surface area contributed by atoms with Crippen LogP contribution in [0.1, 0.15) is 11.1 Å². The second-order valence-electron chi connectivity index (χ2n) is 15.8. The standard InChI is InChI=1S/C58H38N2O/c1-4-15-38(16-5-1)39-27-30-44(31-28-39)60(43-20-8-3-9-21-43)54-34-33-48(46-22-10-12-24-49(46)54)52-37-56-57(50-25-13-11-23-47(50)52)51-32-29-41(36-55(51)61-56)45-26-14-19-42-35-53(59-58(42)45)40-17-6-2-7-18-40/h1-34,36-37H,35H2. The fraction of sp³-hybridized carbons (Fsp3) is 0.0172. The van der Waals surface area contributed by atoms with Gasteiger partial charge in [0.1, 0.15) is 11.2 Å². The van der Waals surface area contributed by atoms with Crippen LogP contribution in [-0.2, 0) is 6.42 Å². The molecule has 1 aliphatic heterocycles. The van der Waals surface area contributed by atoms with E-state index in [4.69, 9.17) is 9.41 Å². The molecule has 0 saturated heterocycles. The summed E-state index contributed by atoms with van der Waals surface area (Å²) in [5, 5.41) is 6.97. The van der Waals surface area contributed by atoms with E-state index in [0.29, 0.717) is 0 Å². The predicted molar refractivity (Wildman–Crippen MR) is 256 cm³/mol. The normalized spacial score (nSPS) is 12.3. The van der Waals surface area contributed by atoms with E-state index in [1.54, 1.807) is 0 Å². The molecule has 11 aromatic rings. The SMILES string of the molecule is c1ccc(C2=Nc3c(cccc3-c3ccc4c(c3)oc3cc(-c5ccc(N(c6ccccc6)c6ccc(-c7ccccc7)cc6)c6ccccc56)c5ccccc5c34)C2)cc1. The predicted octanol–water partition coefficient (Wildman–Crippen LogP) is 16.0. The fourth-order valence-electron chi connectivity index (χ4n) is 9.43. The zero-order chi connectivity index (χ0) is 40.3. The van der Waals surface area contributed by atoms with Gasteiger partial charge in [0.2, 0.25) is 0 Å². The molecule has 0 saturated carbocycles. The zero-order valence-corrected chi connectivity index (χ0v) is 33.3. The largest absolute Gasteiger partial charge is 0.456 e. The molecule has 0 spiro atoms. The molecule has 0 atom stereocenters. The number of furan rings is 1. The Hall–Kier alpha value is -8.01. The first-order valence-electron chi connectivity index (χ1n) is 20.9. The summed E-state index contributed by atoms with van der Waals surface area (Å²) < 4.78 is 6.88. The van der Waals surface area contributed by atoms with Crippen molar-refractivity contribution >= 4 is 71.9 Å². The molecular weight excluding hydrogens is 741 g/mol. The van der Waals surface area contributed by atoms with Gasteiger partial charge in [-0.25, -0.2) is 0 Å². The highest BCUT2D eigenvalue weighted by Crippen LogP contribution is 2.47. The maximum Gasteiger partial charge on any atom is 0.136 e. The summed E-state index contributed by atoms with van der Waals surface area (Å²) in [7, 11) is 0. The molecule has 0 unspecified atom stereocenters. The molecule has 12 rings (SSSR count). The lowest BCUT2D eigenvalue weighted by Crippen LogP contribution is -2.10. The van der Waals surface area contributed by atoms with Crippen molar-refractivity contribution in [3.63, 3.8) is 0 Å². The summed E-state index contributed by atoms with van der Waals surface area (Å²) in [6.45, 7) is 0. The summed E-state index contributed by atoms with van der Waals surface area (Å²) in [4.78, 5) is 7.55. The molecule has 0 N–H and O–H groups in total. The Kier molecular flexibility index (Phi) is 8.24. The van der Waals surface area contributed by atoms with Gasteiger partial charge >= 0.3 is 0 Å². The number of anilines is 3. The van der Waals surface area contributed by atoms with Gasteiger partial charge in [-0.15, -0.1) is 0 Å². The lowest BCUT2D eigenvalue weighted by Gasteiger charge is -2.27. The van der Waals surface area contributed by atoms with Crippen molar-refractivity contribution in [2.45, 2.75) is 6.42 Å². The minimum atomic E-state index is 0.830. The van der Waals surface area contributed by atoms with Crippen LogP contribution in [0.25, 0.3) is 76.9 Å². The zero-order valence-electron chi connectivity index (χ0n) is 33.3. The van der Waals surface area contributed by atoms with E-state index in [2.05, 4.69) is 223 Å². The Morgan fingerprint density at radius 3 is 1.74 bits per heavy atom. The number of aliphatic imine (C=N–C) groups is 1. The first-order valence-corrected chi connectivity index (χ1v) is 20.9. The Morgan fingerprint density at radius 1 is 0.377 bits per heavy atom. The Bertz CT molecular complexity index is 3480. The van der Waals surface area contributed by atoms with Crippen molar-refractivity contribution in [1.82, 2.24) is 0 Å². The molecule has 286 valence electrons. The van der Waals surface area contributed by atoms with Crippen LogP contribution in [0.15, 0.2) is 228 Å². The summed E-state index contributed by atoms with van der Waals surface area (Å²) in [5.74, 6) is 0. The van der Waals surface area contributed by atoms with Crippen LogP contribution in [-0.4, -0.2) is 5.71 Å². The summed E-state index contributed by atoms with van der Waals surface area (Å²) in [6.07, 6.45) is 0.830. The second-order valence-corrected chi connectivity index (χ2v) is 15.8. The van der Waals surface area contributed by atoms with E-state index < -0.39 is 0 Å². The van der Waals surface area contributed by atoms with Gasteiger partial charge < -0.3 is 9.32 Å². The van der Waals surface area contributed by atoms with E-state index in [9.17, 15) is 0 Å². The van der Waals surface area contributed by atoms with Gasteiger partial charge in [-0.05, 0) is 104 Å². The van der Waals surface area contributed by atoms with E-state index in [1.165, 1.54) is 43.8 Å². The summed E-state index contributed by atoms with van der Waals surface area (Å²) in [6, 6.07) is 78.2. The Balaban J connectivity index is 0.992. The van der Waals surface area contributed by atoms with Gasteiger partial charge in [0.25, 0.3) is 0 Å². The molecule has 2 heterocycles. The lowest BCUT2D eigenvalue weighted by molar-refractivity contribution is 0.669. The molecule has 61 heavy (non-hydrogen) atoms. The third-order valence-electron chi connectivity index (χ3n) is 12.3. The van der Waals surface area contributed by atoms with Crippen LogP contribution in [0.3, 0.4) is 0 Å². The topological polar surface area (TPSA) is 28.7 Å². The minimum absolute atomic E-state index is 0.830. The quantitative estimate of drug-likeness (QED) is 0.161. The van der Waals surface area contributed by atoms with E-state index in [0.717, 1.165) is 79.1 Å². The molecule has 1 aromatic heterocycles. The first kappa shape index (κ1) is 35.0. The van der Waals surface area contributed by atoms with Crippen LogP contribution in [0.4, 0.5) is 22.7 Å². The number of hydrogen-bond acceptors (Lipinski definition) is 3. The van der Waals surface area contributed by atoms with Crippen molar-refractivity contribution < 1.29 is 4.42 Å². The van der Waals surface area contributed by atoms with Gasteiger partial charge in [-0.3, -0.25) is 4.99 Å². The molecule has 0 radical (unpaired) electrons. The van der Waals surface area contributed by atoms with E-state index in [1.807, 2.05) is 0 Å². The average Bonchev–Trinajstić information content (AvgIpc) is 3.95. The van der Waals surface area contributed by atoms with Crippen molar-refractivity contribution in [3.8, 4) is 33.4 Å². The van der Waals surface area contributed by atoms with Gasteiger partial charge in [-0.1, -0.05) is 170 Å². The average molecular weight is 779 g/mol. The van der Waals surface area contributed by atoms with Crippen LogP contribution >= 0.6 is 0 Å². The number of rotatable bonds is 7. The highest BCUT2D eigenvalue weighted by Gasteiger charge is 2.23. The first-order chi connectivity index (χ1) is 30.2. The molecule has 0 bridgehead atoms. The van der Waals surface area contributed by atoms with Gasteiger partial charge in [0.15, 0.2) is 0 Å². The Labute approximate surface area is 354 Å². The van der Waals surface area contributed by atoms with Crippen LogP contribution in [0.5, 0.6) is 0 Å². The van der Waals surface area contributed by atoms with Crippen LogP contribution < -0.4 is 4.90 Å². The van der Waals surface area contributed by atoms with Gasteiger partial charge in [-0.2, -0.15) is 0 Å². The van der Waals surface area contributed by atoms with Gasteiger partial charge in [0, 0.05) is 39.5 Å². The molecular formula is C58H38N2O. The lowest BCUT2D eigenvalue weighted by atomic mass is 9.91. The van der Waals surface area contributed by atoms with Crippen LogP contribution in [0, 0.1) is 0 Å². The Morgan fingerprint density at radius 2 is 0.984 bits per heavy atom. The van der Waals surface area contributed by atoms with Crippen LogP contribution in [0.2, 0.25) is 0 Å². The highest BCUT2D eigenvalue weighted by atomic mass is 16.3. The molecule has 1 aliphatic rings. The summed E-state index contributed by atoms with van der Waals surface area (Å²) in [5.41, 5.74) is 16.6. The molecule has 0 fully saturated rings. The molecule has 3 heteroatoms. The van der Waals surface area contributed by atoms with Crippen molar-refractivity contribution in [2.24, 2.45) is 4.99 Å². The summed E-state index contributed by atoms with van der Waals surface area (Å²) >= 11 is 0. The number of fused-ring (bicyclic) bond motifs is 7. The second kappa shape index (κ2) is 14.4. The van der Waals surface area contributed by atoms with Crippen molar-refractivity contribution in [3.05, 3.63) is 230 Å². The minimum Gasteiger partial charge on any atom is -0.456 e. The third-order valence-corrected chi connectivity index (χ3v) is 12.3. The number of nitrogens with zero attached hydrogens (tertiary/aromatic N) is 2. The fourth-order valence-corrected chi connectivity index (χ4v) is 9.43. The maximum absolute atomic E-state index is 6.88. The number of hydrogen-bond donors (Lipinski definition) is 0. The smallest absolute Gasteiger partial charge is 0.136 e. The highest BCUT2D eigenvalue weighted by molar-refractivity contribution is 6.24. The maximum atomic E-state index is 6.88. The number of para-hydroxylation sites is 2. The molecule has 0 amide bonds. The molecule has 0 aliphatic carbocycles. The van der Waals surface area contributed by atoms with E-state index in [-0.39, 0.29) is 0 Å². The molecule has 10 aromatic carbocycles. The number of benzene rings is 10.